The Morgan fingerprint density at radius 2 is 1.90 bits per heavy atom. The molecule has 4 heteroatoms. The van der Waals surface area contributed by atoms with Gasteiger partial charge < -0.3 is 4.74 Å². The van der Waals surface area contributed by atoms with E-state index in [0.717, 1.165) is 33.4 Å². The fraction of sp³-hybridized carbons (Fsp3) is 0.0588. The predicted molar refractivity (Wildman–Crippen MR) is 82.9 cm³/mol. The Morgan fingerprint density at radius 1 is 1.00 bits per heavy atom. The molecule has 4 rings (SSSR count). The van der Waals surface area contributed by atoms with E-state index in [1.54, 1.807) is 7.11 Å². The van der Waals surface area contributed by atoms with Crippen molar-refractivity contribution in [2.75, 3.05) is 7.11 Å². The van der Waals surface area contributed by atoms with E-state index in [-0.39, 0.29) is 0 Å². The number of hydrogen-bond acceptors (Lipinski definition) is 3. The number of para-hydroxylation sites is 2. The molecule has 0 aliphatic carbocycles. The van der Waals surface area contributed by atoms with Crippen LogP contribution in [0.15, 0.2) is 61.1 Å². The van der Waals surface area contributed by atoms with Gasteiger partial charge in [0.1, 0.15) is 17.9 Å². The summed E-state index contributed by atoms with van der Waals surface area (Å²) < 4.78 is 7.34. The zero-order valence-electron chi connectivity index (χ0n) is 11.5. The van der Waals surface area contributed by atoms with Gasteiger partial charge in [-0.3, -0.25) is 4.57 Å². The van der Waals surface area contributed by atoms with Crippen LogP contribution in [0.1, 0.15) is 0 Å². The summed E-state index contributed by atoms with van der Waals surface area (Å²) in [5.41, 5.74) is 2.00. The zero-order chi connectivity index (χ0) is 14.2. The van der Waals surface area contributed by atoms with Crippen LogP contribution in [-0.4, -0.2) is 21.6 Å². The molecule has 0 radical (unpaired) electrons. The van der Waals surface area contributed by atoms with Crippen LogP contribution in [-0.2, 0) is 0 Å². The van der Waals surface area contributed by atoms with Crippen LogP contribution in [0.5, 0.6) is 5.75 Å². The molecule has 0 saturated heterocycles. The number of rotatable bonds is 2. The van der Waals surface area contributed by atoms with Gasteiger partial charge in [-0.1, -0.05) is 18.2 Å². The second-order valence-electron chi connectivity index (χ2n) is 4.82. The van der Waals surface area contributed by atoms with Gasteiger partial charge in [-0.15, -0.1) is 0 Å². The topological polar surface area (TPSA) is 39.9 Å². The normalized spacial score (nSPS) is 11.1. The number of imidazole rings is 1. The van der Waals surface area contributed by atoms with E-state index in [2.05, 4.69) is 9.97 Å². The fourth-order valence-corrected chi connectivity index (χ4v) is 2.58. The van der Waals surface area contributed by atoms with Gasteiger partial charge in [0, 0.05) is 11.6 Å². The average Bonchev–Trinajstić information content (AvgIpc) is 2.97. The number of hydrogen-bond donors (Lipinski definition) is 0. The van der Waals surface area contributed by atoms with E-state index >= 15 is 0 Å². The maximum absolute atomic E-state index is 5.33. The van der Waals surface area contributed by atoms with Crippen molar-refractivity contribution in [1.82, 2.24) is 14.5 Å². The Kier molecular flexibility index (Phi) is 2.60. The molecule has 0 saturated carbocycles. The summed E-state index contributed by atoms with van der Waals surface area (Å²) in [7, 11) is 1.67. The molecule has 0 atom stereocenters. The molecular weight excluding hydrogens is 262 g/mol. The van der Waals surface area contributed by atoms with Gasteiger partial charge in [-0.2, -0.15) is 0 Å². The number of pyridine rings is 1. The molecular formula is C17H13N3O. The third kappa shape index (κ3) is 1.84. The lowest BCUT2D eigenvalue weighted by Crippen LogP contribution is -1.97. The number of aromatic nitrogens is 3. The van der Waals surface area contributed by atoms with Crippen molar-refractivity contribution in [2.45, 2.75) is 0 Å². The van der Waals surface area contributed by atoms with E-state index in [0.29, 0.717) is 0 Å². The van der Waals surface area contributed by atoms with Crippen LogP contribution in [0.2, 0.25) is 0 Å². The minimum Gasteiger partial charge on any atom is -0.497 e. The smallest absolute Gasteiger partial charge is 0.146 e. The van der Waals surface area contributed by atoms with E-state index in [1.165, 1.54) is 0 Å². The van der Waals surface area contributed by atoms with Gasteiger partial charge in [-0.05, 0) is 35.7 Å². The van der Waals surface area contributed by atoms with Crippen molar-refractivity contribution in [3.63, 3.8) is 0 Å². The minimum atomic E-state index is 0.821. The van der Waals surface area contributed by atoms with Crippen molar-refractivity contribution in [3.8, 4) is 11.6 Å². The molecule has 2 heterocycles. The molecule has 0 unspecified atom stereocenters. The second kappa shape index (κ2) is 4.59. The Morgan fingerprint density at radius 3 is 2.81 bits per heavy atom. The molecule has 0 spiro atoms. The number of ether oxygens (including phenoxy) is 1. The third-order valence-corrected chi connectivity index (χ3v) is 3.63. The average molecular weight is 275 g/mol. The first kappa shape index (κ1) is 11.9. The van der Waals surface area contributed by atoms with Crippen molar-refractivity contribution in [1.29, 1.82) is 0 Å². The summed E-state index contributed by atoms with van der Waals surface area (Å²) in [6, 6.07) is 16.0. The highest BCUT2D eigenvalue weighted by Gasteiger charge is 2.09. The first-order valence-corrected chi connectivity index (χ1v) is 6.72. The maximum Gasteiger partial charge on any atom is 0.146 e. The lowest BCUT2D eigenvalue weighted by atomic mass is 10.1. The molecule has 4 aromatic rings. The van der Waals surface area contributed by atoms with Gasteiger partial charge in [0.15, 0.2) is 0 Å². The standard InChI is InChI=1S/C17H13N3O/c1-21-13-7-6-12-8-9-18-17(14(12)10-13)20-11-19-15-4-2-3-5-16(15)20/h2-11H,1H3. The van der Waals surface area contributed by atoms with Gasteiger partial charge in [0.2, 0.25) is 0 Å². The largest absolute Gasteiger partial charge is 0.497 e. The first-order chi connectivity index (χ1) is 10.4. The number of methoxy groups -OCH3 is 1. The molecule has 0 N–H and O–H groups in total. The number of nitrogens with zero attached hydrogens (tertiary/aromatic N) is 3. The second-order valence-corrected chi connectivity index (χ2v) is 4.82. The van der Waals surface area contributed by atoms with Crippen molar-refractivity contribution < 1.29 is 4.74 Å². The quantitative estimate of drug-likeness (QED) is 0.561. The van der Waals surface area contributed by atoms with Crippen molar-refractivity contribution in [2.24, 2.45) is 0 Å². The maximum atomic E-state index is 5.33. The lowest BCUT2D eigenvalue weighted by molar-refractivity contribution is 0.415. The van der Waals surface area contributed by atoms with Crippen LogP contribution in [0.4, 0.5) is 0 Å². The molecule has 21 heavy (non-hydrogen) atoms. The minimum absolute atomic E-state index is 0.821. The van der Waals surface area contributed by atoms with Gasteiger partial charge in [-0.25, -0.2) is 9.97 Å². The van der Waals surface area contributed by atoms with Crippen LogP contribution in [0.3, 0.4) is 0 Å². The van der Waals surface area contributed by atoms with Crippen LogP contribution < -0.4 is 4.74 Å². The van der Waals surface area contributed by atoms with Gasteiger partial charge in [0.25, 0.3) is 0 Å². The Labute approximate surface area is 121 Å². The lowest BCUT2D eigenvalue weighted by Gasteiger charge is -2.09. The summed E-state index contributed by atoms with van der Waals surface area (Å²) in [6.07, 6.45) is 3.63. The predicted octanol–water partition coefficient (Wildman–Crippen LogP) is 3.58. The summed E-state index contributed by atoms with van der Waals surface area (Å²) >= 11 is 0. The molecule has 0 aliphatic rings. The highest BCUT2D eigenvalue weighted by atomic mass is 16.5. The molecule has 102 valence electrons. The summed E-state index contributed by atoms with van der Waals surface area (Å²) in [6.45, 7) is 0. The third-order valence-electron chi connectivity index (χ3n) is 3.63. The van der Waals surface area contributed by atoms with Crippen molar-refractivity contribution >= 4 is 21.8 Å². The van der Waals surface area contributed by atoms with Gasteiger partial charge >= 0.3 is 0 Å². The zero-order valence-corrected chi connectivity index (χ0v) is 11.5. The van der Waals surface area contributed by atoms with Crippen LogP contribution in [0.25, 0.3) is 27.6 Å². The molecule has 0 bridgehead atoms. The first-order valence-electron chi connectivity index (χ1n) is 6.72. The fourth-order valence-electron chi connectivity index (χ4n) is 2.58. The monoisotopic (exact) mass is 275 g/mol. The molecule has 0 fully saturated rings. The van der Waals surface area contributed by atoms with E-state index in [4.69, 9.17) is 4.74 Å². The van der Waals surface area contributed by atoms with E-state index < -0.39 is 0 Å². The van der Waals surface area contributed by atoms with Gasteiger partial charge in [0.05, 0.1) is 18.1 Å². The van der Waals surface area contributed by atoms with Crippen molar-refractivity contribution in [3.05, 3.63) is 61.1 Å². The van der Waals surface area contributed by atoms with Crippen LogP contribution in [0, 0.1) is 0 Å². The molecule has 0 aliphatic heterocycles. The van der Waals surface area contributed by atoms with E-state index in [1.807, 2.05) is 65.6 Å². The highest BCUT2D eigenvalue weighted by Crippen LogP contribution is 2.27. The summed E-state index contributed by atoms with van der Waals surface area (Å²) in [4.78, 5) is 8.98. The molecule has 0 amide bonds. The van der Waals surface area contributed by atoms with E-state index in [9.17, 15) is 0 Å². The molecule has 4 nitrogen and oxygen atoms in total. The van der Waals surface area contributed by atoms with Crippen LogP contribution >= 0.6 is 0 Å². The SMILES string of the molecule is COc1ccc2ccnc(-n3cnc4ccccc43)c2c1. The number of benzene rings is 2. The highest BCUT2D eigenvalue weighted by molar-refractivity contribution is 5.91. The molecule has 2 aromatic heterocycles. The number of fused-ring (bicyclic) bond motifs is 2. The Hall–Kier alpha value is -2.88. The Bertz CT molecular complexity index is 943. The summed E-state index contributed by atoms with van der Waals surface area (Å²) in [5, 5.41) is 2.17. The summed E-state index contributed by atoms with van der Waals surface area (Å²) in [5.74, 6) is 1.68. The Balaban J connectivity index is 2.05. The molecule has 2 aromatic carbocycles.